The molecule has 6 nitrogen and oxygen atoms in total. The van der Waals surface area contributed by atoms with E-state index < -0.39 is 17.2 Å². The minimum Gasteiger partial charge on any atom is -0.505 e. The van der Waals surface area contributed by atoms with Gasteiger partial charge in [0.25, 0.3) is 11.5 Å². The monoisotopic (exact) mass is 389 g/mol. The van der Waals surface area contributed by atoms with E-state index in [2.05, 4.69) is 10.4 Å². The van der Waals surface area contributed by atoms with Crippen molar-refractivity contribution in [1.29, 1.82) is 0 Å². The summed E-state index contributed by atoms with van der Waals surface area (Å²) in [5.41, 5.74) is 0.775. The fourth-order valence-corrected chi connectivity index (χ4v) is 2.68. The molecule has 0 fully saturated rings. The van der Waals surface area contributed by atoms with Crippen LogP contribution in [0.1, 0.15) is 16.1 Å². The van der Waals surface area contributed by atoms with Crippen LogP contribution in [0.2, 0.25) is 10.0 Å². The number of halogens is 2. The van der Waals surface area contributed by atoms with Crippen LogP contribution < -0.4 is 10.9 Å². The van der Waals surface area contributed by atoms with Crippen molar-refractivity contribution < 1.29 is 9.90 Å². The SMILES string of the molecule is Cc1cccc(-n2nc(C(=O)Nc3cccc(Cl)c3Cl)c(O)cc2=O)c1. The van der Waals surface area contributed by atoms with Gasteiger partial charge in [0.05, 0.1) is 21.4 Å². The highest BCUT2D eigenvalue weighted by atomic mass is 35.5. The molecular formula is C18H13Cl2N3O3. The second kappa shape index (κ2) is 7.19. The number of aromatic nitrogens is 2. The smallest absolute Gasteiger partial charge is 0.280 e. The van der Waals surface area contributed by atoms with Gasteiger partial charge in [-0.05, 0) is 36.8 Å². The summed E-state index contributed by atoms with van der Waals surface area (Å²) in [5, 5.41) is 16.9. The second-order valence-corrected chi connectivity index (χ2v) is 6.31. The van der Waals surface area contributed by atoms with Crippen molar-refractivity contribution in [3.63, 3.8) is 0 Å². The molecule has 0 bridgehead atoms. The van der Waals surface area contributed by atoms with Crippen molar-refractivity contribution in [1.82, 2.24) is 9.78 Å². The third kappa shape index (κ3) is 3.56. The van der Waals surface area contributed by atoms with E-state index >= 15 is 0 Å². The standard InChI is InChI=1S/C18H13Cl2N3O3/c1-10-4-2-5-11(8-10)23-15(25)9-14(24)17(22-23)18(26)21-13-7-3-6-12(19)16(13)20/h2-9,24H,1H3,(H,21,26). The fraction of sp³-hybridized carbons (Fsp3) is 0.0556. The number of aromatic hydroxyl groups is 1. The third-order valence-electron chi connectivity index (χ3n) is 3.57. The summed E-state index contributed by atoms with van der Waals surface area (Å²) < 4.78 is 1.04. The number of amides is 1. The minimum atomic E-state index is -0.729. The van der Waals surface area contributed by atoms with Crippen LogP contribution in [0.15, 0.2) is 53.3 Å². The Morgan fingerprint density at radius 3 is 2.62 bits per heavy atom. The van der Waals surface area contributed by atoms with Crippen molar-refractivity contribution in [3.05, 3.63) is 80.2 Å². The van der Waals surface area contributed by atoms with Gasteiger partial charge in [0.15, 0.2) is 11.4 Å². The Balaban J connectivity index is 2.02. The fourth-order valence-electron chi connectivity index (χ4n) is 2.34. The molecule has 0 saturated carbocycles. The summed E-state index contributed by atoms with van der Waals surface area (Å²) in [6, 6.07) is 12.7. The second-order valence-electron chi connectivity index (χ2n) is 5.52. The normalized spacial score (nSPS) is 10.6. The van der Waals surface area contributed by atoms with Gasteiger partial charge in [0.2, 0.25) is 0 Å². The van der Waals surface area contributed by atoms with Crippen LogP contribution in [0.25, 0.3) is 5.69 Å². The summed E-state index contributed by atoms with van der Waals surface area (Å²) >= 11 is 12.0. The van der Waals surface area contributed by atoms with Crippen LogP contribution in [0.5, 0.6) is 5.75 Å². The first-order valence-corrected chi connectivity index (χ1v) is 8.28. The molecule has 3 rings (SSSR count). The summed E-state index contributed by atoms with van der Waals surface area (Å²) in [5.74, 6) is -1.26. The molecule has 0 atom stereocenters. The van der Waals surface area contributed by atoms with Gasteiger partial charge in [-0.1, -0.05) is 41.4 Å². The van der Waals surface area contributed by atoms with Crippen LogP contribution in [0, 0.1) is 6.92 Å². The minimum absolute atomic E-state index is 0.161. The van der Waals surface area contributed by atoms with Gasteiger partial charge in [-0.25, -0.2) is 0 Å². The summed E-state index contributed by atoms with van der Waals surface area (Å²) in [4.78, 5) is 24.7. The molecule has 1 heterocycles. The lowest BCUT2D eigenvalue weighted by Crippen LogP contribution is -2.25. The topological polar surface area (TPSA) is 84.2 Å². The van der Waals surface area contributed by atoms with E-state index in [4.69, 9.17) is 23.2 Å². The summed E-state index contributed by atoms with van der Waals surface area (Å²) in [6.07, 6.45) is 0. The van der Waals surface area contributed by atoms with Gasteiger partial charge in [-0.15, -0.1) is 0 Å². The maximum absolute atomic E-state index is 12.5. The summed E-state index contributed by atoms with van der Waals surface area (Å²) in [6.45, 7) is 1.86. The first kappa shape index (κ1) is 18.0. The lowest BCUT2D eigenvalue weighted by Gasteiger charge is -2.11. The molecular weight excluding hydrogens is 377 g/mol. The zero-order valence-electron chi connectivity index (χ0n) is 13.5. The third-order valence-corrected chi connectivity index (χ3v) is 4.39. The van der Waals surface area contributed by atoms with Gasteiger partial charge in [-0.3, -0.25) is 9.59 Å². The van der Waals surface area contributed by atoms with Crippen LogP contribution in [0.3, 0.4) is 0 Å². The Morgan fingerprint density at radius 1 is 1.15 bits per heavy atom. The maximum Gasteiger partial charge on any atom is 0.280 e. The average molecular weight is 390 g/mol. The Labute approximate surface area is 158 Å². The molecule has 0 aliphatic carbocycles. The van der Waals surface area contributed by atoms with Crippen molar-refractivity contribution in [2.45, 2.75) is 6.92 Å². The highest BCUT2D eigenvalue weighted by molar-refractivity contribution is 6.44. The number of hydrogen-bond acceptors (Lipinski definition) is 4. The molecule has 0 aliphatic rings. The van der Waals surface area contributed by atoms with Crippen molar-refractivity contribution >= 4 is 34.8 Å². The molecule has 0 radical (unpaired) electrons. The van der Waals surface area contributed by atoms with Gasteiger partial charge in [-0.2, -0.15) is 9.78 Å². The molecule has 0 spiro atoms. The molecule has 26 heavy (non-hydrogen) atoms. The Morgan fingerprint density at radius 2 is 1.88 bits per heavy atom. The number of nitrogens with zero attached hydrogens (tertiary/aromatic N) is 2. The number of benzene rings is 2. The van der Waals surface area contributed by atoms with Gasteiger partial charge < -0.3 is 10.4 Å². The predicted molar refractivity (Wildman–Crippen MR) is 101 cm³/mol. The lowest BCUT2D eigenvalue weighted by atomic mass is 10.2. The van der Waals surface area contributed by atoms with E-state index in [1.807, 2.05) is 13.0 Å². The molecule has 3 aromatic rings. The van der Waals surface area contributed by atoms with E-state index in [1.54, 1.807) is 36.4 Å². The van der Waals surface area contributed by atoms with Crippen molar-refractivity contribution in [2.24, 2.45) is 0 Å². The molecule has 0 aliphatic heterocycles. The zero-order valence-corrected chi connectivity index (χ0v) is 15.0. The molecule has 1 amide bonds. The number of carbonyl (C=O) groups excluding carboxylic acids is 1. The number of carbonyl (C=O) groups is 1. The number of anilines is 1. The Hall–Kier alpha value is -2.83. The largest absolute Gasteiger partial charge is 0.505 e. The van der Waals surface area contributed by atoms with E-state index in [-0.39, 0.29) is 21.4 Å². The average Bonchev–Trinajstić information content (AvgIpc) is 2.59. The maximum atomic E-state index is 12.5. The number of rotatable bonds is 3. The van der Waals surface area contributed by atoms with E-state index in [0.717, 1.165) is 16.3 Å². The van der Waals surface area contributed by atoms with Gasteiger partial charge >= 0.3 is 0 Å². The van der Waals surface area contributed by atoms with Crippen LogP contribution in [-0.4, -0.2) is 20.8 Å². The van der Waals surface area contributed by atoms with E-state index in [9.17, 15) is 14.7 Å². The van der Waals surface area contributed by atoms with Crippen LogP contribution in [-0.2, 0) is 0 Å². The van der Waals surface area contributed by atoms with Crippen molar-refractivity contribution in [3.8, 4) is 11.4 Å². The first-order chi connectivity index (χ1) is 12.4. The van der Waals surface area contributed by atoms with Gasteiger partial charge in [0.1, 0.15) is 0 Å². The van der Waals surface area contributed by atoms with Crippen LogP contribution >= 0.6 is 23.2 Å². The van der Waals surface area contributed by atoms with Gasteiger partial charge in [0, 0.05) is 6.07 Å². The first-order valence-electron chi connectivity index (χ1n) is 7.52. The van der Waals surface area contributed by atoms with Crippen LogP contribution in [0.4, 0.5) is 5.69 Å². The molecule has 8 heteroatoms. The summed E-state index contributed by atoms with van der Waals surface area (Å²) in [7, 11) is 0. The molecule has 0 saturated heterocycles. The Bertz CT molecular complexity index is 1060. The van der Waals surface area contributed by atoms with Crippen molar-refractivity contribution in [2.75, 3.05) is 5.32 Å². The molecule has 0 unspecified atom stereocenters. The highest BCUT2D eigenvalue weighted by Gasteiger charge is 2.18. The quantitative estimate of drug-likeness (QED) is 0.713. The molecule has 2 N–H and O–H groups in total. The van der Waals surface area contributed by atoms with E-state index in [0.29, 0.717) is 5.69 Å². The highest BCUT2D eigenvalue weighted by Crippen LogP contribution is 2.30. The molecule has 132 valence electrons. The predicted octanol–water partition coefficient (Wildman–Crippen LogP) is 3.81. The number of hydrogen-bond donors (Lipinski definition) is 2. The number of aryl methyl sites for hydroxylation is 1. The Kier molecular flexibility index (Phi) is 4.97. The molecule has 2 aromatic carbocycles. The zero-order chi connectivity index (χ0) is 18.8. The van der Waals surface area contributed by atoms with E-state index in [1.165, 1.54) is 0 Å². The molecule has 1 aromatic heterocycles. The number of nitrogens with one attached hydrogen (secondary N) is 1. The lowest BCUT2D eigenvalue weighted by molar-refractivity contribution is 0.101.